The predicted octanol–water partition coefficient (Wildman–Crippen LogP) is -0.0154. The molecule has 2 rings (SSSR count). The molecule has 0 saturated carbocycles. The number of hydrogen-bond donors (Lipinski definition) is 2. The first-order valence-corrected chi connectivity index (χ1v) is 5.68. The summed E-state index contributed by atoms with van der Waals surface area (Å²) in [6.45, 7) is 3.58. The Labute approximate surface area is 108 Å². The summed E-state index contributed by atoms with van der Waals surface area (Å²) in [6, 6.07) is 0. The summed E-state index contributed by atoms with van der Waals surface area (Å²) < 4.78 is 1.46. The van der Waals surface area contributed by atoms with Gasteiger partial charge in [-0.1, -0.05) is 0 Å². The van der Waals surface area contributed by atoms with Crippen molar-refractivity contribution in [2.45, 2.75) is 26.7 Å². The molecule has 2 aromatic rings. The molecule has 2 N–H and O–H groups in total. The number of carboxylic acid groups (broad SMARTS) is 1. The fourth-order valence-corrected chi connectivity index (χ4v) is 1.87. The zero-order valence-corrected chi connectivity index (χ0v) is 10.5. The second kappa shape index (κ2) is 5.01. The van der Waals surface area contributed by atoms with Gasteiger partial charge in [0.1, 0.15) is 6.20 Å². The van der Waals surface area contributed by atoms with Gasteiger partial charge in [0.15, 0.2) is 0 Å². The molecule has 0 fully saturated rings. The van der Waals surface area contributed by atoms with Gasteiger partial charge in [-0.2, -0.15) is 5.10 Å². The Morgan fingerprint density at radius 2 is 2.21 bits per heavy atom. The summed E-state index contributed by atoms with van der Waals surface area (Å²) >= 11 is 0. The van der Waals surface area contributed by atoms with E-state index in [1.165, 1.54) is 4.68 Å². The number of nitrogens with zero attached hydrogens (tertiary/aromatic N) is 4. The second-order valence-corrected chi connectivity index (χ2v) is 4.11. The summed E-state index contributed by atoms with van der Waals surface area (Å²) in [5.74, 6) is -0.644. The lowest BCUT2D eigenvalue weighted by Gasteiger charge is -2.02. The molecule has 0 amide bonds. The van der Waals surface area contributed by atoms with Gasteiger partial charge in [-0.05, 0) is 25.8 Å². The number of hydrogen-bond acceptors (Lipinski definition) is 5. The van der Waals surface area contributed by atoms with Gasteiger partial charge in [0.05, 0.1) is 5.69 Å². The molecule has 0 spiro atoms. The van der Waals surface area contributed by atoms with Crippen LogP contribution in [0.4, 0.5) is 0 Å². The molecule has 2 aromatic heterocycles. The lowest BCUT2D eigenvalue weighted by molar-refractivity contribution is -0.136. The van der Waals surface area contributed by atoms with E-state index in [4.69, 9.17) is 5.11 Å². The monoisotopic (exact) mass is 263 g/mol. The molecule has 0 radical (unpaired) electrons. The van der Waals surface area contributed by atoms with Gasteiger partial charge in [0.2, 0.25) is 0 Å². The average molecular weight is 263 g/mol. The molecular weight excluding hydrogens is 250 g/mol. The van der Waals surface area contributed by atoms with E-state index >= 15 is 0 Å². The Kier molecular flexibility index (Phi) is 3.41. The second-order valence-electron chi connectivity index (χ2n) is 4.11. The Morgan fingerprint density at radius 1 is 1.47 bits per heavy atom. The standard InChI is InChI=1S/C11H13N5O3/c1-6-8(3-4-10(18)19)7(2)16(15-6)11-13-9(17)5-12-14-11/h5H,3-4H2,1-2H3,(H,18,19)(H,13,14,17). The van der Waals surface area contributed by atoms with E-state index in [2.05, 4.69) is 20.3 Å². The van der Waals surface area contributed by atoms with Crippen LogP contribution in [0.1, 0.15) is 23.4 Å². The predicted molar refractivity (Wildman–Crippen MR) is 65.2 cm³/mol. The summed E-state index contributed by atoms with van der Waals surface area (Å²) in [7, 11) is 0. The highest BCUT2D eigenvalue weighted by atomic mass is 16.4. The van der Waals surface area contributed by atoms with Crippen molar-refractivity contribution in [1.82, 2.24) is 25.0 Å². The zero-order valence-electron chi connectivity index (χ0n) is 10.5. The molecular formula is C11H13N5O3. The van der Waals surface area contributed by atoms with Crippen molar-refractivity contribution in [2.24, 2.45) is 0 Å². The molecule has 19 heavy (non-hydrogen) atoms. The van der Waals surface area contributed by atoms with E-state index in [1.807, 2.05) is 0 Å². The zero-order chi connectivity index (χ0) is 14.0. The summed E-state index contributed by atoms with van der Waals surface area (Å²) in [5.41, 5.74) is 1.93. The number of H-pyrrole nitrogens is 1. The Bertz CT molecular complexity index is 673. The van der Waals surface area contributed by atoms with Crippen molar-refractivity contribution in [2.75, 3.05) is 0 Å². The number of carbonyl (C=O) groups is 1. The third-order valence-electron chi connectivity index (χ3n) is 2.79. The molecule has 0 saturated heterocycles. The van der Waals surface area contributed by atoms with Crippen molar-refractivity contribution < 1.29 is 9.90 Å². The third kappa shape index (κ3) is 2.67. The Hall–Kier alpha value is -2.51. The fourth-order valence-electron chi connectivity index (χ4n) is 1.87. The molecule has 0 atom stereocenters. The molecule has 8 nitrogen and oxygen atoms in total. The molecule has 100 valence electrons. The SMILES string of the molecule is Cc1nn(-c2nncc(=O)[nH]2)c(C)c1CCC(=O)O. The van der Waals surface area contributed by atoms with Crippen LogP contribution >= 0.6 is 0 Å². The van der Waals surface area contributed by atoms with Crippen LogP contribution in [0.15, 0.2) is 11.0 Å². The van der Waals surface area contributed by atoms with Crippen LogP contribution in [0.2, 0.25) is 0 Å². The van der Waals surface area contributed by atoms with Gasteiger partial charge in [-0.3, -0.25) is 14.6 Å². The maximum atomic E-state index is 11.2. The highest BCUT2D eigenvalue weighted by molar-refractivity contribution is 5.67. The van der Waals surface area contributed by atoms with E-state index < -0.39 is 5.97 Å². The van der Waals surface area contributed by atoms with E-state index in [0.29, 0.717) is 12.1 Å². The highest BCUT2D eigenvalue weighted by Crippen LogP contribution is 2.16. The van der Waals surface area contributed by atoms with Gasteiger partial charge in [-0.15, -0.1) is 10.2 Å². The number of aryl methyl sites for hydroxylation is 1. The van der Waals surface area contributed by atoms with Crippen molar-refractivity contribution in [1.29, 1.82) is 0 Å². The van der Waals surface area contributed by atoms with Gasteiger partial charge in [0.25, 0.3) is 11.5 Å². The number of aromatic nitrogens is 5. The molecule has 0 aliphatic rings. The third-order valence-corrected chi connectivity index (χ3v) is 2.79. The average Bonchev–Trinajstić information content (AvgIpc) is 2.62. The van der Waals surface area contributed by atoms with Crippen LogP contribution in [0.5, 0.6) is 0 Å². The first kappa shape index (κ1) is 12.9. The van der Waals surface area contributed by atoms with Crippen LogP contribution in [-0.4, -0.2) is 36.0 Å². The molecule has 0 unspecified atom stereocenters. The van der Waals surface area contributed by atoms with E-state index in [-0.39, 0.29) is 17.9 Å². The number of carboxylic acids is 1. The largest absolute Gasteiger partial charge is 0.481 e. The van der Waals surface area contributed by atoms with Crippen LogP contribution < -0.4 is 5.56 Å². The minimum Gasteiger partial charge on any atom is -0.481 e. The molecule has 2 heterocycles. The molecule has 0 aliphatic heterocycles. The van der Waals surface area contributed by atoms with Crippen LogP contribution in [0, 0.1) is 13.8 Å². The first-order chi connectivity index (χ1) is 8.99. The maximum absolute atomic E-state index is 11.2. The lowest BCUT2D eigenvalue weighted by atomic mass is 10.1. The molecule has 0 aliphatic carbocycles. The lowest BCUT2D eigenvalue weighted by Crippen LogP contribution is -2.15. The minimum atomic E-state index is -0.862. The van der Waals surface area contributed by atoms with Gasteiger partial charge < -0.3 is 5.11 Å². The summed E-state index contributed by atoms with van der Waals surface area (Å²) in [5, 5.41) is 20.3. The summed E-state index contributed by atoms with van der Waals surface area (Å²) in [6.07, 6.45) is 1.49. The summed E-state index contributed by atoms with van der Waals surface area (Å²) in [4.78, 5) is 24.3. The van der Waals surface area contributed by atoms with Crippen LogP contribution in [0.25, 0.3) is 5.95 Å². The van der Waals surface area contributed by atoms with E-state index in [9.17, 15) is 9.59 Å². The number of nitrogens with one attached hydrogen (secondary N) is 1. The van der Waals surface area contributed by atoms with E-state index in [0.717, 1.165) is 17.5 Å². The smallest absolute Gasteiger partial charge is 0.303 e. The number of rotatable bonds is 4. The number of aromatic amines is 1. The van der Waals surface area contributed by atoms with Gasteiger partial charge in [-0.25, -0.2) is 4.68 Å². The van der Waals surface area contributed by atoms with Crippen LogP contribution in [0.3, 0.4) is 0 Å². The van der Waals surface area contributed by atoms with Crippen molar-refractivity contribution in [3.05, 3.63) is 33.5 Å². The maximum Gasteiger partial charge on any atom is 0.303 e. The molecule has 0 bridgehead atoms. The van der Waals surface area contributed by atoms with Crippen molar-refractivity contribution in [3.8, 4) is 5.95 Å². The highest BCUT2D eigenvalue weighted by Gasteiger charge is 2.15. The normalized spacial score (nSPS) is 10.6. The van der Waals surface area contributed by atoms with Gasteiger partial charge in [0, 0.05) is 12.1 Å². The first-order valence-electron chi connectivity index (χ1n) is 5.68. The van der Waals surface area contributed by atoms with Crippen LogP contribution in [-0.2, 0) is 11.2 Å². The molecule has 0 aromatic carbocycles. The fraction of sp³-hybridized carbons (Fsp3) is 0.364. The Morgan fingerprint density at radius 3 is 2.84 bits per heavy atom. The van der Waals surface area contributed by atoms with E-state index in [1.54, 1.807) is 13.8 Å². The topological polar surface area (TPSA) is 114 Å². The number of aliphatic carboxylic acids is 1. The minimum absolute atomic E-state index is 0.0321. The quantitative estimate of drug-likeness (QED) is 0.801. The van der Waals surface area contributed by atoms with Gasteiger partial charge >= 0.3 is 5.97 Å². The van der Waals surface area contributed by atoms with Crippen molar-refractivity contribution >= 4 is 5.97 Å². The molecule has 8 heteroatoms. The Balaban J connectivity index is 2.41. The van der Waals surface area contributed by atoms with Crippen molar-refractivity contribution in [3.63, 3.8) is 0 Å².